The second-order valence-electron chi connectivity index (χ2n) is 4.31. The Morgan fingerprint density at radius 2 is 2.12 bits per heavy atom. The monoisotopic (exact) mass is 243 g/mol. The van der Waals surface area contributed by atoms with Gasteiger partial charge in [0.25, 0.3) is 0 Å². The summed E-state index contributed by atoms with van der Waals surface area (Å²) in [5.74, 6) is 0.729. The summed E-state index contributed by atoms with van der Waals surface area (Å²) >= 11 is 5.66. The number of halogens is 2. The molecule has 1 aromatic rings. The predicted molar refractivity (Wildman–Crippen MR) is 68.7 cm³/mol. The number of hydrogen-bond acceptors (Lipinski definition) is 1. The SMILES string of the molecule is CCC(C)CN(C)c1ccc(CCl)cc1F. The molecule has 3 heteroatoms. The number of hydrogen-bond donors (Lipinski definition) is 0. The summed E-state index contributed by atoms with van der Waals surface area (Å²) in [6, 6.07) is 5.18. The molecular formula is C13H19ClFN. The van der Waals surface area contributed by atoms with Crippen LogP contribution in [-0.4, -0.2) is 13.6 Å². The summed E-state index contributed by atoms with van der Waals surface area (Å²) < 4.78 is 13.7. The summed E-state index contributed by atoms with van der Waals surface area (Å²) in [5, 5.41) is 0. The fraction of sp³-hybridized carbons (Fsp3) is 0.538. The molecule has 0 fully saturated rings. The van der Waals surface area contributed by atoms with Gasteiger partial charge >= 0.3 is 0 Å². The standard InChI is InChI=1S/C13H19ClFN/c1-4-10(2)9-16(3)13-6-5-11(8-14)7-12(13)15/h5-7,10H,4,8-9H2,1-3H3. The van der Waals surface area contributed by atoms with Crippen molar-refractivity contribution in [3.05, 3.63) is 29.6 Å². The molecule has 0 N–H and O–H groups in total. The Bertz CT molecular complexity index is 341. The van der Waals surface area contributed by atoms with Crippen molar-refractivity contribution in [3.8, 4) is 0 Å². The van der Waals surface area contributed by atoms with Crippen LogP contribution in [-0.2, 0) is 5.88 Å². The maximum Gasteiger partial charge on any atom is 0.146 e. The zero-order valence-electron chi connectivity index (χ0n) is 10.1. The van der Waals surface area contributed by atoms with Crippen LogP contribution in [0, 0.1) is 11.7 Å². The van der Waals surface area contributed by atoms with Gasteiger partial charge in [-0.3, -0.25) is 0 Å². The third-order valence-corrected chi connectivity index (χ3v) is 3.17. The number of alkyl halides is 1. The number of benzene rings is 1. The Balaban J connectivity index is 2.79. The van der Waals surface area contributed by atoms with Crippen LogP contribution in [0.5, 0.6) is 0 Å². The van der Waals surface area contributed by atoms with Gasteiger partial charge in [-0.1, -0.05) is 26.3 Å². The maximum atomic E-state index is 13.7. The summed E-state index contributed by atoms with van der Waals surface area (Å²) in [6.45, 7) is 5.18. The molecule has 0 amide bonds. The summed E-state index contributed by atoms with van der Waals surface area (Å²) in [4.78, 5) is 1.96. The average Bonchev–Trinajstić information content (AvgIpc) is 2.28. The van der Waals surface area contributed by atoms with Gasteiger partial charge in [0.1, 0.15) is 5.82 Å². The largest absolute Gasteiger partial charge is 0.372 e. The van der Waals surface area contributed by atoms with Crippen LogP contribution in [0.15, 0.2) is 18.2 Å². The second kappa shape index (κ2) is 6.09. The van der Waals surface area contributed by atoms with Crippen molar-refractivity contribution in [1.29, 1.82) is 0 Å². The lowest BCUT2D eigenvalue weighted by Crippen LogP contribution is -2.24. The van der Waals surface area contributed by atoms with E-state index in [1.165, 1.54) is 6.07 Å². The van der Waals surface area contributed by atoms with E-state index >= 15 is 0 Å². The smallest absolute Gasteiger partial charge is 0.146 e. The molecule has 1 aromatic carbocycles. The first-order chi connectivity index (χ1) is 7.58. The van der Waals surface area contributed by atoms with Crippen molar-refractivity contribution < 1.29 is 4.39 Å². The molecule has 0 aliphatic heterocycles. The van der Waals surface area contributed by atoms with Gasteiger partial charge in [-0.15, -0.1) is 11.6 Å². The van der Waals surface area contributed by atoms with Crippen molar-refractivity contribution in [3.63, 3.8) is 0 Å². The highest BCUT2D eigenvalue weighted by atomic mass is 35.5. The predicted octanol–water partition coefficient (Wildman–Crippen LogP) is 4.05. The van der Waals surface area contributed by atoms with E-state index in [9.17, 15) is 4.39 Å². The van der Waals surface area contributed by atoms with Crippen LogP contribution in [0.3, 0.4) is 0 Å². The highest BCUT2D eigenvalue weighted by Crippen LogP contribution is 2.21. The summed E-state index contributed by atoms with van der Waals surface area (Å²) in [5.41, 5.74) is 1.47. The normalized spacial score (nSPS) is 12.6. The van der Waals surface area contributed by atoms with Gasteiger partial charge in [-0.05, 0) is 23.6 Å². The van der Waals surface area contributed by atoms with Crippen LogP contribution in [0.25, 0.3) is 0 Å². The molecule has 0 saturated heterocycles. The maximum absolute atomic E-state index is 13.7. The molecule has 0 saturated carbocycles. The van der Waals surface area contributed by atoms with Gasteiger partial charge in [0.2, 0.25) is 0 Å². The van der Waals surface area contributed by atoms with E-state index in [4.69, 9.17) is 11.6 Å². The zero-order chi connectivity index (χ0) is 12.1. The van der Waals surface area contributed by atoms with E-state index < -0.39 is 0 Å². The minimum Gasteiger partial charge on any atom is -0.372 e. The van der Waals surface area contributed by atoms with Gasteiger partial charge < -0.3 is 4.90 Å². The minimum atomic E-state index is -0.191. The Morgan fingerprint density at radius 3 is 2.62 bits per heavy atom. The van der Waals surface area contributed by atoms with Crippen molar-refractivity contribution in [1.82, 2.24) is 0 Å². The van der Waals surface area contributed by atoms with Crippen molar-refractivity contribution in [2.24, 2.45) is 5.92 Å². The van der Waals surface area contributed by atoms with E-state index in [2.05, 4.69) is 13.8 Å². The molecule has 90 valence electrons. The van der Waals surface area contributed by atoms with Crippen molar-refractivity contribution in [2.75, 3.05) is 18.5 Å². The molecule has 16 heavy (non-hydrogen) atoms. The lowest BCUT2D eigenvalue weighted by atomic mass is 10.1. The van der Waals surface area contributed by atoms with Gasteiger partial charge in [0.05, 0.1) is 5.69 Å². The Morgan fingerprint density at radius 1 is 1.44 bits per heavy atom. The zero-order valence-corrected chi connectivity index (χ0v) is 10.9. The van der Waals surface area contributed by atoms with E-state index in [1.54, 1.807) is 6.07 Å². The van der Waals surface area contributed by atoms with Gasteiger partial charge in [0, 0.05) is 19.5 Å². The van der Waals surface area contributed by atoms with Crippen LogP contribution in [0.2, 0.25) is 0 Å². The highest BCUT2D eigenvalue weighted by molar-refractivity contribution is 6.17. The Kier molecular flexibility index (Phi) is 5.07. The first-order valence-corrected chi connectivity index (χ1v) is 6.17. The molecule has 1 unspecified atom stereocenters. The lowest BCUT2D eigenvalue weighted by molar-refractivity contribution is 0.550. The number of anilines is 1. The van der Waals surface area contributed by atoms with Crippen LogP contribution < -0.4 is 4.90 Å². The molecule has 1 nitrogen and oxygen atoms in total. The quantitative estimate of drug-likeness (QED) is 0.706. The third kappa shape index (κ3) is 3.38. The molecule has 1 rings (SSSR count). The Hall–Kier alpha value is -0.760. The molecule has 0 aromatic heterocycles. The molecule has 1 atom stereocenters. The highest BCUT2D eigenvalue weighted by Gasteiger charge is 2.10. The molecular weight excluding hydrogens is 225 g/mol. The van der Waals surface area contributed by atoms with Crippen LogP contribution in [0.1, 0.15) is 25.8 Å². The fourth-order valence-corrected chi connectivity index (χ4v) is 1.80. The molecule has 0 heterocycles. The van der Waals surface area contributed by atoms with Gasteiger partial charge in [-0.2, -0.15) is 0 Å². The molecule has 0 spiro atoms. The minimum absolute atomic E-state index is 0.191. The molecule has 0 aliphatic carbocycles. The van der Waals surface area contributed by atoms with Gasteiger partial charge in [-0.25, -0.2) is 4.39 Å². The van der Waals surface area contributed by atoms with Crippen molar-refractivity contribution >= 4 is 17.3 Å². The summed E-state index contributed by atoms with van der Waals surface area (Å²) in [7, 11) is 1.92. The second-order valence-corrected chi connectivity index (χ2v) is 4.58. The first-order valence-electron chi connectivity index (χ1n) is 5.64. The summed E-state index contributed by atoms with van der Waals surface area (Å²) in [6.07, 6.45) is 1.10. The van der Waals surface area contributed by atoms with E-state index in [-0.39, 0.29) is 5.82 Å². The molecule has 0 radical (unpaired) electrons. The number of rotatable bonds is 5. The van der Waals surface area contributed by atoms with Crippen molar-refractivity contribution in [2.45, 2.75) is 26.1 Å². The van der Waals surface area contributed by atoms with Crippen LogP contribution in [0.4, 0.5) is 10.1 Å². The molecule has 0 bridgehead atoms. The first kappa shape index (κ1) is 13.3. The number of nitrogens with zero attached hydrogens (tertiary/aromatic N) is 1. The van der Waals surface area contributed by atoms with Crippen LogP contribution >= 0.6 is 11.6 Å². The topological polar surface area (TPSA) is 3.24 Å². The lowest BCUT2D eigenvalue weighted by Gasteiger charge is -2.23. The fourth-order valence-electron chi connectivity index (χ4n) is 1.64. The molecule has 0 aliphatic rings. The van der Waals surface area contributed by atoms with Gasteiger partial charge in [0.15, 0.2) is 0 Å². The van der Waals surface area contributed by atoms with E-state index in [0.717, 1.165) is 18.5 Å². The van der Waals surface area contributed by atoms with E-state index in [1.807, 2.05) is 18.0 Å². The average molecular weight is 244 g/mol. The van der Waals surface area contributed by atoms with E-state index in [0.29, 0.717) is 17.5 Å². The third-order valence-electron chi connectivity index (χ3n) is 2.86. The Labute approximate surface area is 102 Å².